The largest absolute Gasteiger partial charge is 0.341 e. The van der Waals surface area contributed by atoms with Gasteiger partial charge in [-0.2, -0.15) is 0 Å². The molecule has 2 rings (SSSR count). The second-order valence-electron chi connectivity index (χ2n) is 5.46. The number of nitrogens with zero attached hydrogens (tertiary/aromatic N) is 5. The van der Waals surface area contributed by atoms with Crippen LogP contribution in [0.1, 0.15) is 30.0 Å². The number of aryl methyl sites for hydroxylation is 1. The molecule has 116 valence electrons. The van der Waals surface area contributed by atoms with E-state index in [4.69, 9.17) is 0 Å². The second-order valence-corrected chi connectivity index (χ2v) is 5.46. The molecule has 0 atom stereocenters. The molecule has 0 N–H and O–H groups in total. The number of aromatic nitrogens is 2. The Hall–Kier alpha value is -1.69. The third kappa shape index (κ3) is 3.69. The van der Waals surface area contributed by atoms with E-state index in [0.717, 1.165) is 45.0 Å². The van der Waals surface area contributed by atoms with Crippen molar-refractivity contribution >= 4 is 11.9 Å². The minimum atomic E-state index is 0.0157. The molecule has 0 aliphatic carbocycles. The Morgan fingerprint density at radius 1 is 1.19 bits per heavy atom. The number of hydrogen-bond acceptors (Lipinski definition) is 5. The number of carbonyl (C=O) groups is 1. The highest BCUT2D eigenvalue weighted by Gasteiger charge is 2.22. The number of rotatable bonds is 4. The molecule has 1 amide bonds. The zero-order valence-corrected chi connectivity index (χ0v) is 13.5. The predicted octanol–water partition coefficient (Wildman–Crippen LogP) is 1.02. The second kappa shape index (κ2) is 6.85. The minimum Gasteiger partial charge on any atom is -0.341 e. The maximum atomic E-state index is 12.6. The minimum absolute atomic E-state index is 0.0157. The molecular formula is C15H25N5O. The Morgan fingerprint density at radius 3 is 2.38 bits per heavy atom. The summed E-state index contributed by atoms with van der Waals surface area (Å²) < 4.78 is 0. The van der Waals surface area contributed by atoms with Crippen LogP contribution >= 0.6 is 0 Å². The van der Waals surface area contributed by atoms with Gasteiger partial charge >= 0.3 is 0 Å². The van der Waals surface area contributed by atoms with Crippen molar-refractivity contribution in [2.45, 2.75) is 20.8 Å². The third-order valence-corrected chi connectivity index (χ3v) is 3.90. The first-order valence-corrected chi connectivity index (χ1v) is 7.63. The number of carbonyl (C=O) groups excluding carboxylic acids is 1. The topological polar surface area (TPSA) is 52.6 Å². The van der Waals surface area contributed by atoms with Crippen LogP contribution in [0.4, 0.5) is 5.95 Å². The highest BCUT2D eigenvalue weighted by molar-refractivity contribution is 5.92. The smallest absolute Gasteiger partial charge is 0.272 e. The van der Waals surface area contributed by atoms with Crippen LogP contribution in [0, 0.1) is 6.92 Å². The summed E-state index contributed by atoms with van der Waals surface area (Å²) in [5.74, 6) is 0.666. The number of hydrogen-bond donors (Lipinski definition) is 0. The summed E-state index contributed by atoms with van der Waals surface area (Å²) >= 11 is 0. The normalized spacial score (nSPS) is 16.1. The Kier molecular flexibility index (Phi) is 5.12. The van der Waals surface area contributed by atoms with Crippen LogP contribution in [0.5, 0.6) is 0 Å². The van der Waals surface area contributed by atoms with Crippen molar-refractivity contribution in [2.75, 3.05) is 51.2 Å². The summed E-state index contributed by atoms with van der Waals surface area (Å²) in [7, 11) is 2.08. The molecule has 0 unspecified atom stereocenters. The van der Waals surface area contributed by atoms with Crippen molar-refractivity contribution in [1.82, 2.24) is 19.8 Å². The lowest BCUT2D eigenvalue weighted by molar-refractivity contribution is 0.0658. The first-order chi connectivity index (χ1) is 10.0. The van der Waals surface area contributed by atoms with Crippen molar-refractivity contribution in [2.24, 2.45) is 0 Å². The molecule has 1 aromatic heterocycles. The average Bonchev–Trinajstić information content (AvgIpc) is 2.48. The monoisotopic (exact) mass is 291 g/mol. The van der Waals surface area contributed by atoms with Gasteiger partial charge in [0.15, 0.2) is 0 Å². The molecule has 1 aliphatic rings. The molecule has 6 nitrogen and oxygen atoms in total. The first-order valence-electron chi connectivity index (χ1n) is 7.63. The summed E-state index contributed by atoms with van der Waals surface area (Å²) in [4.78, 5) is 27.7. The molecule has 1 aliphatic heterocycles. The zero-order chi connectivity index (χ0) is 15.4. The van der Waals surface area contributed by atoms with Gasteiger partial charge in [-0.05, 0) is 33.9 Å². The van der Waals surface area contributed by atoms with E-state index in [1.165, 1.54) is 0 Å². The van der Waals surface area contributed by atoms with Gasteiger partial charge in [-0.15, -0.1) is 0 Å². The molecule has 0 radical (unpaired) electrons. The van der Waals surface area contributed by atoms with E-state index in [2.05, 4.69) is 40.7 Å². The summed E-state index contributed by atoms with van der Waals surface area (Å²) in [5.41, 5.74) is 1.35. The number of anilines is 1. The maximum absolute atomic E-state index is 12.6. The molecule has 0 spiro atoms. The van der Waals surface area contributed by atoms with Crippen molar-refractivity contribution in [3.63, 3.8) is 0 Å². The van der Waals surface area contributed by atoms with Crippen molar-refractivity contribution in [3.8, 4) is 0 Å². The molecule has 0 aromatic carbocycles. The van der Waals surface area contributed by atoms with Gasteiger partial charge in [0, 0.05) is 45.0 Å². The number of amides is 1. The molecular weight excluding hydrogens is 266 g/mol. The van der Waals surface area contributed by atoms with Gasteiger partial charge in [-0.25, -0.2) is 9.97 Å². The maximum Gasteiger partial charge on any atom is 0.272 e. The number of piperazine rings is 1. The summed E-state index contributed by atoms with van der Waals surface area (Å²) in [6, 6.07) is 1.79. The molecule has 21 heavy (non-hydrogen) atoms. The standard InChI is InChI=1S/C15H25N5O/c1-5-19(6-2)15-16-12(3)11-13(17-15)14(21)20-9-7-18(4)8-10-20/h11H,5-10H2,1-4H3. The van der Waals surface area contributed by atoms with E-state index in [9.17, 15) is 4.79 Å². The van der Waals surface area contributed by atoms with Crippen LogP contribution in [-0.2, 0) is 0 Å². The van der Waals surface area contributed by atoms with Gasteiger partial charge in [0.2, 0.25) is 5.95 Å². The number of likely N-dealkylation sites (N-methyl/N-ethyl adjacent to an activating group) is 1. The van der Waals surface area contributed by atoms with E-state index >= 15 is 0 Å². The zero-order valence-electron chi connectivity index (χ0n) is 13.5. The fourth-order valence-corrected chi connectivity index (χ4v) is 2.48. The Morgan fingerprint density at radius 2 is 1.81 bits per heavy atom. The van der Waals surface area contributed by atoms with E-state index in [1.54, 1.807) is 6.07 Å². The lowest BCUT2D eigenvalue weighted by Gasteiger charge is -2.32. The Labute approximate surface area is 126 Å². The van der Waals surface area contributed by atoms with Gasteiger partial charge in [0.25, 0.3) is 5.91 Å². The third-order valence-electron chi connectivity index (χ3n) is 3.90. The average molecular weight is 291 g/mol. The first kappa shape index (κ1) is 15.7. The Balaban J connectivity index is 2.20. The van der Waals surface area contributed by atoms with Gasteiger partial charge in [0.1, 0.15) is 5.69 Å². The van der Waals surface area contributed by atoms with Gasteiger partial charge < -0.3 is 14.7 Å². The van der Waals surface area contributed by atoms with Crippen molar-refractivity contribution < 1.29 is 4.79 Å². The molecule has 2 heterocycles. The van der Waals surface area contributed by atoms with Gasteiger partial charge in [-0.1, -0.05) is 0 Å². The van der Waals surface area contributed by atoms with Crippen LogP contribution in [0.3, 0.4) is 0 Å². The molecule has 0 bridgehead atoms. The lowest BCUT2D eigenvalue weighted by Crippen LogP contribution is -2.47. The van der Waals surface area contributed by atoms with E-state index in [0.29, 0.717) is 11.6 Å². The van der Waals surface area contributed by atoms with E-state index in [1.807, 2.05) is 11.8 Å². The summed E-state index contributed by atoms with van der Waals surface area (Å²) in [6.07, 6.45) is 0. The fraction of sp³-hybridized carbons (Fsp3) is 0.667. The predicted molar refractivity (Wildman–Crippen MR) is 83.7 cm³/mol. The van der Waals surface area contributed by atoms with Crippen LogP contribution < -0.4 is 4.90 Å². The van der Waals surface area contributed by atoms with Crippen molar-refractivity contribution in [1.29, 1.82) is 0 Å². The van der Waals surface area contributed by atoms with Crippen LogP contribution in [0.2, 0.25) is 0 Å². The Bertz CT molecular complexity index is 493. The quantitative estimate of drug-likeness (QED) is 0.829. The van der Waals surface area contributed by atoms with Crippen molar-refractivity contribution in [3.05, 3.63) is 17.5 Å². The molecule has 6 heteroatoms. The summed E-state index contributed by atoms with van der Waals surface area (Å²) in [5, 5.41) is 0. The summed E-state index contributed by atoms with van der Waals surface area (Å²) in [6.45, 7) is 11.1. The molecule has 1 saturated heterocycles. The highest BCUT2D eigenvalue weighted by Crippen LogP contribution is 2.13. The molecule has 1 fully saturated rings. The highest BCUT2D eigenvalue weighted by atomic mass is 16.2. The van der Waals surface area contributed by atoms with Crippen LogP contribution in [0.25, 0.3) is 0 Å². The SMILES string of the molecule is CCN(CC)c1nc(C)cc(C(=O)N2CCN(C)CC2)n1. The molecule has 1 aromatic rings. The molecule has 0 saturated carbocycles. The van der Waals surface area contributed by atoms with E-state index < -0.39 is 0 Å². The van der Waals surface area contributed by atoms with Crippen LogP contribution in [-0.4, -0.2) is 72.0 Å². The fourth-order valence-electron chi connectivity index (χ4n) is 2.48. The van der Waals surface area contributed by atoms with Gasteiger partial charge in [-0.3, -0.25) is 4.79 Å². The van der Waals surface area contributed by atoms with E-state index in [-0.39, 0.29) is 5.91 Å². The lowest BCUT2D eigenvalue weighted by atomic mass is 10.2. The van der Waals surface area contributed by atoms with Gasteiger partial charge in [0.05, 0.1) is 0 Å². The van der Waals surface area contributed by atoms with Crippen LogP contribution in [0.15, 0.2) is 6.07 Å².